The minimum atomic E-state index is -1.17. The Morgan fingerprint density at radius 3 is 2.16 bits per heavy atom. The number of rotatable bonds is 20. The van der Waals surface area contributed by atoms with E-state index in [1.165, 1.54) is 0 Å². The monoisotopic (exact) mass is 546 g/mol. The average Bonchev–Trinajstić information content (AvgIpc) is 2.78. The van der Waals surface area contributed by atoms with E-state index in [1.807, 2.05) is 6.92 Å². The van der Waals surface area contributed by atoms with Gasteiger partial charge in [-0.15, -0.1) is 0 Å². The number of amides is 1. The molecule has 0 aliphatic carbocycles. The number of hydrogen-bond acceptors (Lipinski definition) is 8. The molecule has 1 N–H and O–H groups in total. The van der Waals surface area contributed by atoms with Crippen molar-refractivity contribution in [3.63, 3.8) is 0 Å². The first-order chi connectivity index (χ1) is 17.1. The van der Waals surface area contributed by atoms with E-state index in [-0.39, 0.29) is 43.1 Å². The quantitative estimate of drug-likeness (QED) is 0.104. The van der Waals surface area contributed by atoms with Crippen molar-refractivity contribution < 1.29 is 38.2 Å². The zero-order chi connectivity index (χ0) is 28.7. The highest BCUT2D eigenvalue weighted by Gasteiger charge is 2.43. The van der Waals surface area contributed by atoms with Crippen LogP contribution in [0.2, 0.25) is 0 Å². The molecule has 9 nitrogen and oxygen atoms in total. The zero-order valence-electron chi connectivity index (χ0n) is 24.0. The average molecular weight is 547 g/mol. The van der Waals surface area contributed by atoms with Crippen molar-refractivity contribution >= 4 is 36.4 Å². The van der Waals surface area contributed by atoms with E-state index in [0.717, 1.165) is 32.1 Å². The Balaban J connectivity index is 4.52. The minimum absolute atomic E-state index is 0.0590. The third kappa shape index (κ3) is 15.3. The van der Waals surface area contributed by atoms with Gasteiger partial charge in [0.25, 0.3) is 0 Å². The summed E-state index contributed by atoms with van der Waals surface area (Å²) >= 11 is 4.53. The van der Waals surface area contributed by atoms with Crippen LogP contribution in [0.3, 0.4) is 0 Å². The van der Waals surface area contributed by atoms with Gasteiger partial charge in [-0.2, -0.15) is 12.6 Å². The Bertz CT molecular complexity index is 742. The summed E-state index contributed by atoms with van der Waals surface area (Å²) in [5, 5.41) is 14.0. The minimum Gasteiger partial charge on any atom is -0.544 e. The van der Waals surface area contributed by atoms with Gasteiger partial charge in [-0.3, -0.25) is 14.4 Å². The number of carbonyl (C=O) groups is 4. The molecule has 0 aromatic heterocycles. The van der Waals surface area contributed by atoms with Crippen molar-refractivity contribution in [2.75, 3.05) is 46.9 Å². The number of hydrogen-bond donors (Lipinski definition) is 2. The van der Waals surface area contributed by atoms with Crippen molar-refractivity contribution in [3.05, 3.63) is 0 Å². The number of thiol groups is 1. The molecular formula is C27H50N2O7S. The predicted molar refractivity (Wildman–Crippen MR) is 145 cm³/mol. The first-order valence-corrected chi connectivity index (χ1v) is 13.9. The summed E-state index contributed by atoms with van der Waals surface area (Å²) in [7, 11) is 3.43. The maximum Gasteiger partial charge on any atom is 0.311 e. The summed E-state index contributed by atoms with van der Waals surface area (Å²) in [4.78, 5) is 48.5. The van der Waals surface area contributed by atoms with Gasteiger partial charge in [0.1, 0.15) is 26.3 Å². The number of quaternary nitrogens is 1. The van der Waals surface area contributed by atoms with E-state index in [2.05, 4.69) is 24.9 Å². The first-order valence-electron chi connectivity index (χ1n) is 13.4. The van der Waals surface area contributed by atoms with Crippen molar-refractivity contribution in [1.29, 1.82) is 0 Å². The molecule has 0 aliphatic heterocycles. The van der Waals surface area contributed by atoms with Gasteiger partial charge in [-0.05, 0) is 52.9 Å². The Hall–Kier alpha value is -1.81. The number of aliphatic carboxylic acids is 1. The molecule has 1 amide bonds. The Labute approximate surface area is 229 Å². The van der Waals surface area contributed by atoms with E-state index in [1.54, 1.807) is 34.9 Å². The number of carbonyl (C=O) groups excluding carboxylic acids is 4. The number of ether oxygens (including phenoxy) is 2. The van der Waals surface area contributed by atoms with E-state index < -0.39 is 28.7 Å². The molecule has 0 rings (SSSR count). The fourth-order valence-electron chi connectivity index (χ4n) is 4.14. The molecule has 0 heterocycles. The molecular weight excluding hydrogens is 496 g/mol. The van der Waals surface area contributed by atoms with Crippen LogP contribution in [0.1, 0.15) is 86.0 Å². The molecule has 2 atom stereocenters. The Morgan fingerprint density at radius 2 is 1.59 bits per heavy atom. The molecule has 37 heavy (non-hydrogen) atoms. The van der Waals surface area contributed by atoms with E-state index >= 15 is 0 Å². The number of esters is 2. The number of likely N-dealkylation sites (N-methyl/N-ethyl adjacent to an activating group) is 1. The number of unbranched alkanes of at least 4 members (excludes halogenated alkanes) is 1. The number of nitrogens with zero attached hydrogens (tertiary/aromatic N) is 1. The molecule has 0 fully saturated rings. The molecule has 0 spiro atoms. The van der Waals surface area contributed by atoms with E-state index in [4.69, 9.17) is 9.47 Å². The van der Waals surface area contributed by atoms with Crippen LogP contribution in [0, 0.1) is 10.8 Å². The van der Waals surface area contributed by atoms with Crippen LogP contribution >= 0.6 is 12.6 Å². The molecule has 0 radical (unpaired) electrons. The highest BCUT2D eigenvalue weighted by Crippen LogP contribution is 2.38. The van der Waals surface area contributed by atoms with E-state index in [0.29, 0.717) is 24.6 Å². The van der Waals surface area contributed by atoms with Crippen molar-refractivity contribution in [2.45, 2.75) is 91.2 Å². The van der Waals surface area contributed by atoms with Crippen LogP contribution in [0.4, 0.5) is 0 Å². The van der Waals surface area contributed by atoms with Crippen LogP contribution < -0.4 is 10.4 Å². The van der Waals surface area contributed by atoms with Crippen LogP contribution in [-0.2, 0) is 28.7 Å². The van der Waals surface area contributed by atoms with Gasteiger partial charge < -0.3 is 29.2 Å². The lowest BCUT2D eigenvalue weighted by atomic mass is 9.72. The zero-order valence-corrected chi connectivity index (χ0v) is 24.9. The lowest BCUT2D eigenvalue weighted by Crippen LogP contribution is -2.50. The summed E-state index contributed by atoms with van der Waals surface area (Å²) in [6.07, 6.45) is 6.09. The van der Waals surface area contributed by atoms with Gasteiger partial charge in [0.05, 0.1) is 37.4 Å². The van der Waals surface area contributed by atoms with Crippen molar-refractivity contribution in [2.24, 2.45) is 10.8 Å². The lowest BCUT2D eigenvalue weighted by Gasteiger charge is -2.34. The smallest absolute Gasteiger partial charge is 0.311 e. The topological polar surface area (TPSA) is 122 Å². The van der Waals surface area contributed by atoms with Gasteiger partial charge in [-0.1, -0.05) is 26.7 Å². The summed E-state index contributed by atoms with van der Waals surface area (Å²) < 4.78 is 11.0. The Kier molecular flexibility index (Phi) is 16.1. The van der Waals surface area contributed by atoms with Crippen LogP contribution in [0.5, 0.6) is 0 Å². The molecule has 216 valence electrons. The van der Waals surface area contributed by atoms with Gasteiger partial charge >= 0.3 is 11.9 Å². The standard InChI is InChI=1S/C27H50N2O7S/c1-8-12-21(37)13-10-11-14-22(30)28-15-17-35-25(34)27(5,9-2)20-26(3,4)24(33)36-18-16-29(6,7)19-23(31)32/h21H,8-20H2,1-7H3,(H2-,28,30,31,32,37). The van der Waals surface area contributed by atoms with Crippen molar-refractivity contribution in [3.8, 4) is 0 Å². The largest absolute Gasteiger partial charge is 0.544 e. The third-order valence-electron chi connectivity index (χ3n) is 6.62. The third-order valence-corrected chi connectivity index (χ3v) is 7.13. The van der Waals surface area contributed by atoms with E-state index in [9.17, 15) is 24.3 Å². The van der Waals surface area contributed by atoms with Gasteiger partial charge in [0, 0.05) is 11.7 Å². The molecule has 10 heteroatoms. The number of nitrogens with one attached hydrogen (secondary N) is 1. The van der Waals surface area contributed by atoms with Gasteiger partial charge in [0.15, 0.2) is 0 Å². The molecule has 0 bridgehead atoms. The summed E-state index contributed by atoms with van der Waals surface area (Å²) in [6, 6.07) is 0. The van der Waals surface area contributed by atoms with Crippen LogP contribution in [0.25, 0.3) is 0 Å². The van der Waals surface area contributed by atoms with Gasteiger partial charge in [-0.25, -0.2) is 0 Å². The molecule has 2 unspecified atom stereocenters. The maximum absolute atomic E-state index is 12.9. The summed E-state index contributed by atoms with van der Waals surface area (Å²) in [5.41, 5.74) is -1.86. The molecule has 0 aromatic carbocycles. The molecule has 0 aliphatic rings. The fraction of sp³-hybridized carbons (Fsp3) is 0.852. The number of carboxylic acids is 1. The van der Waals surface area contributed by atoms with Crippen LogP contribution in [-0.4, -0.2) is 80.5 Å². The second-order valence-electron chi connectivity index (χ2n) is 11.5. The second kappa shape index (κ2) is 16.9. The molecule has 0 saturated carbocycles. The van der Waals surface area contributed by atoms with Crippen LogP contribution in [0.15, 0.2) is 0 Å². The highest BCUT2D eigenvalue weighted by molar-refractivity contribution is 7.80. The second-order valence-corrected chi connectivity index (χ2v) is 12.2. The fourth-order valence-corrected chi connectivity index (χ4v) is 4.58. The normalized spacial score (nSPS) is 14.4. The molecule has 0 aromatic rings. The molecule has 0 saturated heterocycles. The number of carboxylic acid groups (broad SMARTS) is 1. The highest BCUT2D eigenvalue weighted by atomic mass is 32.1. The summed E-state index contributed by atoms with van der Waals surface area (Å²) in [6.45, 7) is 9.69. The van der Waals surface area contributed by atoms with Crippen molar-refractivity contribution in [1.82, 2.24) is 5.32 Å². The predicted octanol–water partition coefficient (Wildman–Crippen LogP) is 2.51. The lowest BCUT2D eigenvalue weighted by molar-refractivity contribution is -0.884. The maximum atomic E-state index is 12.9. The SMILES string of the molecule is CCCC(S)CCCCC(=O)NCCOC(=O)C(C)(CC)CC(C)(C)C(=O)OCC[N+](C)(C)CC(=O)[O-]. The Morgan fingerprint density at radius 1 is 0.973 bits per heavy atom. The van der Waals surface area contributed by atoms with Gasteiger partial charge in [0.2, 0.25) is 5.91 Å². The first kappa shape index (κ1) is 35.2. The summed E-state index contributed by atoms with van der Waals surface area (Å²) in [5.74, 6) is -2.11.